The maximum absolute atomic E-state index is 3.92. The standard InChI is InChI=1S/C20H42N2/c1-4-6-7-8-10-14-20(13-5-2)21-19(3)15-18-22-16-11-9-12-17-22/h19-21H,4-18H2,1-3H3. The number of unbranched alkanes of at least 4 members (excludes halogenated alkanes) is 4. The molecule has 1 N–H and O–H groups in total. The first-order valence-electron chi connectivity index (χ1n) is 10.2. The van der Waals surface area contributed by atoms with E-state index in [1.807, 2.05) is 0 Å². The second-order valence-corrected chi connectivity index (χ2v) is 7.45. The first-order chi connectivity index (χ1) is 10.8. The van der Waals surface area contributed by atoms with Gasteiger partial charge in [0, 0.05) is 12.1 Å². The fraction of sp³-hybridized carbons (Fsp3) is 1.00. The summed E-state index contributed by atoms with van der Waals surface area (Å²) in [5, 5.41) is 3.92. The molecule has 1 aliphatic heterocycles. The minimum atomic E-state index is 0.675. The molecule has 0 amide bonds. The molecule has 0 aliphatic carbocycles. The van der Waals surface area contributed by atoms with Crippen molar-refractivity contribution >= 4 is 0 Å². The Kier molecular flexibility index (Phi) is 12.1. The Hall–Kier alpha value is -0.0800. The smallest absolute Gasteiger partial charge is 0.00694 e. The fourth-order valence-electron chi connectivity index (χ4n) is 3.70. The molecule has 1 saturated heterocycles. The average Bonchev–Trinajstić information content (AvgIpc) is 2.54. The van der Waals surface area contributed by atoms with Gasteiger partial charge in [-0.3, -0.25) is 0 Å². The highest BCUT2D eigenvalue weighted by molar-refractivity contribution is 4.74. The van der Waals surface area contributed by atoms with Crippen molar-refractivity contribution in [1.82, 2.24) is 10.2 Å². The lowest BCUT2D eigenvalue weighted by Crippen LogP contribution is -2.40. The van der Waals surface area contributed by atoms with Gasteiger partial charge in [0.05, 0.1) is 0 Å². The molecule has 0 saturated carbocycles. The van der Waals surface area contributed by atoms with E-state index in [9.17, 15) is 0 Å². The molecular formula is C20H42N2. The van der Waals surface area contributed by atoms with E-state index in [0.717, 1.165) is 6.04 Å². The molecular weight excluding hydrogens is 268 g/mol. The number of likely N-dealkylation sites (tertiary alicyclic amines) is 1. The van der Waals surface area contributed by atoms with Gasteiger partial charge in [-0.15, -0.1) is 0 Å². The second-order valence-electron chi connectivity index (χ2n) is 7.45. The third-order valence-corrected chi connectivity index (χ3v) is 5.14. The highest BCUT2D eigenvalue weighted by Gasteiger charge is 2.14. The van der Waals surface area contributed by atoms with Gasteiger partial charge in [-0.25, -0.2) is 0 Å². The molecule has 0 radical (unpaired) electrons. The summed E-state index contributed by atoms with van der Waals surface area (Å²) in [5.74, 6) is 0. The van der Waals surface area contributed by atoms with E-state index in [1.54, 1.807) is 0 Å². The van der Waals surface area contributed by atoms with Crippen LogP contribution in [-0.2, 0) is 0 Å². The average molecular weight is 311 g/mol. The third-order valence-electron chi connectivity index (χ3n) is 5.14. The molecule has 2 heteroatoms. The molecule has 0 aromatic carbocycles. The summed E-state index contributed by atoms with van der Waals surface area (Å²) in [7, 11) is 0. The molecule has 1 rings (SSSR count). The van der Waals surface area contributed by atoms with Crippen LogP contribution in [0.4, 0.5) is 0 Å². The lowest BCUT2D eigenvalue weighted by molar-refractivity contribution is 0.215. The van der Waals surface area contributed by atoms with E-state index in [-0.39, 0.29) is 0 Å². The molecule has 1 fully saturated rings. The van der Waals surface area contributed by atoms with Gasteiger partial charge < -0.3 is 10.2 Å². The van der Waals surface area contributed by atoms with Crippen LogP contribution < -0.4 is 5.32 Å². The first kappa shape index (κ1) is 20.0. The molecule has 2 nitrogen and oxygen atoms in total. The number of hydrogen-bond donors (Lipinski definition) is 1. The van der Waals surface area contributed by atoms with Crippen molar-refractivity contribution in [3.05, 3.63) is 0 Å². The lowest BCUT2D eigenvalue weighted by Gasteiger charge is -2.29. The van der Waals surface area contributed by atoms with Crippen molar-refractivity contribution in [3.63, 3.8) is 0 Å². The van der Waals surface area contributed by atoms with E-state index in [0.29, 0.717) is 6.04 Å². The van der Waals surface area contributed by atoms with Crippen molar-refractivity contribution in [2.24, 2.45) is 0 Å². The molecule has 2 atom stereocenters. The Bertz CT molecular complexity index is 236. The maximum Gasteiger partial charge on any atom is 0.00694 e. The van der Waals surface area contributed by atoms with E-state index in [1.165, 1.54) is 96.7 Å². The Labute approximate surface area is 140 Å². The Morgan fingerprint density at radius 2 is 1.55 bits per heavy atom. The van der Waals surface area contributed by atoms with Crippen LogP contribution in [-0.4, -0.2) is 36.6 Å². The van der Waals surface area contributed by atoms with Crippen molar-refractivity contribution in [2.45, 2.75) is 110 Å². The highest BCUT2D eigenvalue weighted by Crippen LogP contribution is 2.13. The van der Waals surface area contributed by atoms with Gasteiger partial charge in [-0.05, 0) is 58.7 Å². The predicted octanol–water partition coefficient (Wildman–Crippen LogP) is 5.37. The van der Waals surface area contributed by atoms with Crippen molar-refractivity contribution in [3.8, 4) is 0 Å². The summed E-state index contributed by atoms with van der Waals surface area (Å²) in [6.45, 7) is 11.0. The van der Waals surface area contributed by atoms with Gasteiger partial charge in [0.25, 0.3) is 0 Å². The number of nitrogens with zero attached hydrogens (tertiary/aromatic N) is 1. The van der Waals surface area contributed by atoms with Gasteiger partial charge in [0.2, 0.25) is 0 Å². The van der Waals surface area contributed by atoms with E-state index in [2.05, 4.69) is 31.0 Å². The highest BCUT2D eigenvalue weighted by atomic mass is 15.1. The molecule has 0 aromatic heterocycles. The lowest BCUT2D eigenvalue weighted by atomic mass is 10.0. The van der Waals surface area contributed by atoms with Crippen molar-refractivity contribution in [1.29, 1.82) is 0 Å². The quantitative estimate of drug-likeness (QED) is 0.460. The Morgan fingerprint density at radius 3 is 2.23 bits per heavy atom. The number of rotatable bonds is 13. The summed E-state index contributed by atoms with van der Waals surface area (Å²) in [5.41, 5.74) is 0. The van der Waals surface area contributed by atoms with E-state index < -0.39 is 0 Å². The van der Waals surface area contributed by atoms with Crippen LogP contribution in [0.2, 0.25) is 0 Å². The first-order valence-corrected chi connectivity index (χ1v) is 10.2. The maximum atomic E-state index is 3.92. The summed E-state index contributed by atoms with van der Waals surface area (Å²) >= 11 is 0. The van der Waals surface area contributed by atoms with Crippen molar-refractivity contribution in [2.75, 3.05) is 19.6 Å². The molecule has 1 aliphatic rings. The van der Waals surface area contributed by atoms with Crippen LogP contribution in [0.3, 0.4) is 0 Å². The predicted molar refractivity (Wildman–Crippen MR) is 99.6 cm³/mol. The number of piperidine rings is 1. The zero-order chi connectivity index (χ0) is 16.0. The minimum absolute atomic E-state index is 0.675. The largest absolute Gasteiger partial charge is 0.311 e. The van der Waals surface area contributed by atoms with Gasteiger partial charge in [-0.2, -0.15) is 0 Å². The van der Waals surface area contributed by atoms with Gasteiger partial charge in [0.15, 0.2) is 0 Å². The molecule has 0 aromatic rings. The van der Waals surface area contributed by atoms with Gasteiger partial charge in [0.1, 0.15) is 0 Å². The van der Waals surface area contributed by atoms with Crippen LogP contribution in [0.1, 0.15) is 97.8 Å². The second kappa shape index (κ2) is 13.4. The minimum Gasteiger partial charge on any atom is -0.311 e. The van der Waals surface area contributed by atoms with E-state index >= 15 is 0 Å². The van der Waals surface area contributed by atoms with Gasteiger partial charge >= 0.3 is 0 Å². The molecule has 2 unspecified atom stereocenters. The zero-order valence-electron chi connectivity index (χ0n) is 15.7. The molecule has 1 heterocycles. The van der Waals surface area contributed by atoms with Crippen molar-refractivity contribution < 1.29 is 0 Å². The normalized spacial score (nSPS) is 19.2. The summed E-state index contributed by atoms with van der Waals surface area (Å²) < 4.78 is 0. The fourth-order valence-corrected chi connectivity index (χ4v) is 3.70. The number of hydrogen-bond acceptors (Lipinski definition) is 2. The molecule has 22 heavy (non-hydrogen) atoms. The number of nitrogens with one attached hydrogen (secondary N) is 1. The zero-order valence-corrected chi connectivity index (χ0v) is 15.7. The van der Waals surface area contributed by atoms with Crippen LogP contribution in [0, 0.1) is 0 Å². The molecule has 0 spiro atoms. The van der Waals surface area contributed by atoms with Crippen LogP contribution in [0.15, 0.2) is 0 Å². The Morgan fingerprint density at radius 1 is 0.818 bits per heavy atom. The van der Waals surface area contributed by atoms with Crippen LogP contribution in [0.5, 0.6) is 0 Å². The van der Waals surface area contributed by atoms with Crippen LogP contribution >= 0.6 is 0 Å². The molecule has 0 bridgehead atoms. The Balaban J connectivity index is 2.13. The third kappa shape index (κ3) is 9.84. The van der Waals surface area contributed by atoms with E-state index in [4.69, 9.17) is 0 Å². The monoisotopic (exact) mass is 310 g/mol. The SMILES string of the molecule is CCCCCCCC(CCC)NC(C)CCN1CCCCC1. The summed E-state index contributed by atoms with van der Waals surface area (Å²) in [4.78, 5) is 2.67. The topological polar surface area (TPSA) is 15.3 Å². The summed E-state index contributed by atoms with van der Waals surface area (Å²) in [6.07, 6.45) is 16.7. The molecule has 132 valence electrons. The van der Waals surface area contributed by atoms with Crippen LogP contribution in [0.25, 0.3) is 0 Å². The van der Waals surface area contributed by atoms with Gasteiger partial charge in [-0.1, -0.05) is 58.8 Å². The summed E-state index contributed by atoms with van der Waals surface area (Å²) in [6, 6.07) is 1.43.